The van der Waals surface area contributed by atoms with Crippen LogP contribution in [-0.4, -0.2) is 28.9 Å². The highest BCUT2D eigenvalue weighted by atomic mass is 32.1. The van der Waals surface area contributed by atoms with Crippen molar-refractivity contribution < 1.29 is 19.5 Å². The van der Waals surface area contributed by atoms with Crippen LogP contribution >= 0.6 is 11.3 Å². The maximum Gasteiger partial charge on any atom is 0.303 e. The minimum atomic E-state index is -1.02. The molecule has 22 heavy (non-hydrogen) atoms. The van der Waals surface area contributed by atoms with Gasteiger partial charge in [-0.05, 0) is 31.7 Å². The Morgan fingerprint density at radius 2 is 1.95 bits per heavy atom. The summed E-state index contributed by atoms with van der Waals surface area (Å²) < 4.78 is 0. The van der Waals surface area contributed by atoms with Gasteiger partial charge in [-0.3, -0.25) is 14.4 Å². The van der Waals surface area contributed by atoms with E-state index in [1.54, 1.807) is 0 Å². The van der Waals surface area contributed by atoms with Gasteiger partial charge in [0, 0.05) is 17.3 Å². The summed E-state index contributed by atoms with van der Waals surface area (Å²) in [6.45, 7) is 3.89. The summed E-state index contributed by atoms with van der Waals surface area (Å²) in [5.41, 5.74) is 1.47. The minimum Gasteiger partial charge on any atom is -0.481 e. The maximum atomic E-state index is 12.4. The number of anilines is 1. The first-order chi connectivity index (χ1) is 10.4. The number of hydrogen-bond donors (Lipinski definition) is 3. The molecule has 1 heterocycles. The zero-order valence-corrected chi connectivity index (χ0v) is 13.5. The Hall–Kier alpha value is -1.89. The van der Waals surface area contributed by atoms with Gasteiger partial charge in [-0.25, -0.2) is 0 Å². The second-order valence-electron chi connectivity index (χ2n) is 5.38. The molecule has 0 unspecified atom stereocenters. The van der Waals surface area contributed by atoms with E-state index in [9.17, 15) is 14.4 Å². The minimum absolute atomic E-state index is 0.0998. The molecule has 6 nitrogen and oxygen atoms in total. The summed E-state index contributed by atoms with van der Waals surface area (Å²) in [6.07, 6.45) is 2.38. The van der Waals surface area contributed by atoms with Crippen LogP contribution in [0, 0.1) is 6.92 Å². The molecule has 2 amide bonds. The lowest BCUT2D eigenvalue weighted by Gasteiger charge is -2.08. The van der Waals surface area contributed by atoms with Gasteiger partial charge in [0.05, 0.1) is 12.0 Å². The quantitative estimate of drug-likeness (QED) is 0.717. The van der Waals surface area contributed by atoms with E-state index in [4.69, 9.17) is 5.11 Å². The Morgan fingerprint density at radius 1 is 1.27 bits per heavy atom. The van der Waals surface area contributed by atoms with Crippen molar-refractivity contribution in [1.29, 1.82) is 0 Å². The highest BCUT2D eigenvalue weighted by Gasteiger charge is 2.28. The van der Waals surface area contributed by atoms with Crippen LogP contribution in [0.2, 0.25) is 0 Å². The van der Waals surface area contributed by atoms with Gasteiger partial charge in [0.2, 0.25) is 5.91 Å². The molecule has 0 aromatic carbocycles. The standard InChI is InChI=1S/C15H20N2O4S/c1-3-10-8(2)22-15(17-11(18)6-7-12(19)20)13(10)14(21)16-9-4-5-9/h9H,3-7H2,1-2H3,(H,16,21)(H,17,18)(H,19,20). The van der Waals surface area contributed by atoms with Crippen molar-refractivity contribution in [2.45, 2.75) is 52.0 Å². The van der Waals surface area contributed by atoms with Gasteiger partial charge in [-0.2, -0.15) is 0 Å². The Morgan fingerprint density at radius 3 is 2.50 bits per heavy atom. The van der Waals surface area contributed by atoms with Crippen LogP contribution in [-0.2, 0) is 16.0 Å². The predicted molar refractivity (Wildman–Crippen MR) is 84.4 cm³/mol. The SMILES string of the molecule is CCc1c(C)sc(NC(=O)CCC(=O)O)c1C(=O)NC1CC1. The van der Waals surface area contributed by atoms with E-state index in [0.717, 1.165) is 23.3 Å². The Kier molecular flexibility index (Phi) is 5.18. The van der Waals surface area contributed by atoms with E-state index in [2.05, 4.69) is 10.6 Å². The van der Waals surface area contributed by atoms with Gasteiger partial charge < -0.3 is 15.7 Å². The van der Waals surface area contributed by atoms with E-state index in [0.29, 0.717) is 17.0 Å². The van der Waals surface area contributed by atoms with Gasteiger partial charge in [0.25, 0.3) is 5.91 Å². The second-order valence-corrected chi connectivity index (χ2v) is 6.61. The molecule has 1 aliphatic carbocycles. The summed E-state index contributed by atoms with van der Waals surface area (Å²) >= 11 is 1.36. The molecule has 0 atom stereocenters. The third-order valence-electron chi connectivity index (χ3n) is 3.52. The molecule has 0 aliphatic heterocycles. The number of carboxylic acid groups (broad SMARTS) is 1. The smallest absolute Gasteiger partial charge is 0.303 e. The fourth-order valence-electron chi connectivity index (χ4n) is 2.23. The number of aryl methyl sites for hydroxylation is 1. The normalized spacial score (nSPS) is 13.7. The lowest BCUT2D eigenvalue weighted by atomic mass is 10.1. The lowest BCUT2D eigenvalue weighted by Crippen LogP contribution is -2.27. The third kappa shape index (κ3) is 4.07. The fraction of sp³-hybridized carbons (Fsp3) is 0.533. The number of aliphatic carboxylic acids is 1. The van der Waals surface area contributed by atoms with E-state index >= 15 is 0 Å². The molecule has 1 aliphatic rings. The summed E-state index contributed by atoms with van der Waals surface area (Å²) in [5.74, 6) is -1.55. The van der Waals surface area contributed by atoms with Crippen molar-refractivity contribution in [3.8, 4) is 0 Å². The van der Waals surface area contributed by atoms with Crippen molar-refractivity contribution in [1.82, 2.24) is 5.32 Å². The van der Waals surface area contributed by atoms with E-state index < -0.39 is 5.97 Å². The van der Waals surface area contributed by atoms with Crippen LogP contribution in [0.4, 0.5) is 5.00 Å². The molecular formula is C15H20N2O4S. The first-order valence-corrected chi connectivity index (χ1v) is 8.18. The van der Waals surface area contributed by atoms with E-state index in [1.807, 2.05) is 13.8 Å². The first-order valence-electron chi connectivity index (χ1n) is 7.37. The van der Waals surface area contributed by atoms with Crippen molar-refractivity contribution >= 4 is 34.1 Å². The largest absolute Gasteiger partial charge is 0.481 e. The number of amides is 2. The van der Waals surface area contributed by atoms with Crippen LogP contribution in [0.1, 0.15) is 53.4 Å². The molecule has 1 fully saturated rings. The zero-order valence-electron chi connectivity index (χ0n) is 12.7. The number of carbonyl (C=O) groups excluding carboxylic acids is 2. The van der Waals surface area contributed by atoms with Crippen LogP contribution in [0.3, 0.4) is 0 Å². The summed E-state index contributed by atoms with van der Waals surface area (Å²) in [6, 6.07) is 0.243. The highest BCUT2D eigenvalue weighted by molar-refractivity contribution is 7.16. The van der Waals surface area contributed by atoms with Crippen LogP contribution in [0.5, 0.6) is 0 Å². The average Bonchev–Trinajstić information content (AvgIpc) is 3.19. The summed E-state index contributed by atoms with van der Waals surface area (Å²) in [4.78, 5) is 35.8. The monoisotopic (exact) mass is 324 g/mol. The predicted octanol–water partition coefficient (Wildman–Crippen LogP) is 2.31. The van der Waals surface area contributed by atoms with Crippen LogP contribution < -0.4 is 10.6 Å². The van der Waals surface area contributed by atoms with Gasteiger partial charge in [0.1, 0.15) is 5.00 Å². The first kappa shape index (κ1) is 16.5. The lowest BCUT2D eigenvalue weighted by molar-refractivity contribution is -0.138. The summed E-state index contributed by atoms with van der Waals surface area (Å²) in [5, 5.41) is 14.8. The molecule has 0 bridgehead atoms. The fourth-order valence-corrected chi connectivity index (χ4v) is 3.39. The molecule has 120 valence electrons. The molecule has 1 aromatic rings. The van der Waals surface area contributed by atoms with Gasteiger partial charge in [0.15, 0.2) is 0 Å². The Balaban J connectivity index is 2.16. The van der Waals surface area contributed by atoms with Crippen LogP contribution in [0.25, 0.3) is 0 Å². The Bertz CT molecular complexity index is 605. The topological polar surface area (TPSA) is 95.5 Å². The molecule has 3 N–H and O–H groups in total. The molecule has 1 aromatic heterocycles. The van der Waals surface area contributed by atoms with Crippen molar-refractivity contribution in [3.63, 3.8) is 0 Å². The number of rotatable bonds is 7. The molecule has 0 radical (unpaired) electrons. The third-order valence-corrected chi connectivity index (χ3v) is 4.58. The summed E-state index contributed by atoms with van der Waals surface area (Å²) in [7, 11) is 0. The zero-order chi connectivity index (χ0) is 16.3. The molecule has 1 saturated carbocycles. The van der Waals surface area contributed by atoms with Crippen molar-refractivity contribution in [3.05, 3.63) is 16.0 Å². The maximum absolute atomic E-state index is 12.4. The number of carbonyl (C=O) groups is 3. The molecular weight excluding hydrogens is 304 g/mol. The van der Waals surface area contributed by atoms with E-state index in [-0.39, 0.29) is 30.7 Å². The number of carboxylic acids is 1. The highest BCUT2D eigenvalue weighted by Crippen LogP contribution is 2.34. The molecule has 0 saturated heterocycles. The number of hydrogen-bond acceptors (Lipinski definition) is 4. The molecule has 7 heteroatoms. The number of thiophene rings is 1. The van der Waals surface area contributed by atoms with Gasteiger partial charge in [-0.15, -0.1) is 11.3 Å². The molecule has 0 spiro atoms. The Labute approximate surface area is 132 Å². The average molecular weight is 324 g/mol. The van der Waals surface area contributed by atoms with Crippen molar-refractivity contribution in [2.75, 3.05) is 5.32 Å². The van der Waals surface area contributed by atoms with E-state index in [1.165, 1.54) is 11.3 Å². The van der Waals surface area contributed by atoms with Gasteiger partial charge >= 0.3 is 5.97 Å². The van der Waals surface area contributed by atoms with Crippen molar-refractivity contribution in [2.24, 2.45) is 0 Å². The number of nitrogens with one attached hydrogen (secondary N) is 2. The molecule has 2 rings (SSSR count). The van der Waals surface area contributed by atoms with Crippen LogP contribution in [0.15, 0.2) is 0 Å². The second kappa shape index (κ2) is 6.91. The van der Waals surface area contributed by atoms with Gasteiger partial charge in [-0.1, -0.05) is 6.92 Å².